The van der Waals surface area contributed by atoms with Crippen molar-refractivity contribution >= 4 is 22.6 Å². The van der Waals surface area contributed by atoms with Crippen LogP contribution in [0.4, 0.5) is 5.69 Å². The van der Waals surface area contributed by atoms with Crippen LogP contribution in [0, 0.1) is 0 Å². The summed E-state index contributed by atoms with van der Waals surface area (Å²) < 4.78 is 6.01. The molecule has 6 heteroatoms. The Morgan fingerprint density at radius 1 is 0.844 bits per heavy atom. The summed E-state index contributed by atoms with van der Waals surface area (Å²) in [5.41, 5.74) is 3.18. The third-order valence-corrected chi connectivity index (χ3v) is 5.27. The summed E-state index contributed by atoms with van der Waals surface area (Å²) >= 11 is 0. The highest BCUT2D eigenvalue weighted by molar-refractivity contribution is 5.98. The molecule has 164 valence electrons. The number of amides is 1. The first kappa shape index (κ1) is 21.6. The molecule has 1 N–H and O–H groups in total. The number of nitrogens with zero attached hydrogens (tertiary/aromatic N) is 3. The monoisotopic (exact) mass is 428 g/mol. The number of para-hydroxylation sites is 1. The number of rotatable bonds is 5. The number of anilines is 1. The van der Waals surface area contributed by atoms with Crippen LogP contribution in [-0.2, 0) is 10.2 Å². The summed E-state index contributed by atoms with van der Waals surface area (Å²) in [6.07, 6.45) is 0. The molecule has 1 amide bonds. The molecule has 0 bridgehead atoms. The molecule has 6 nitrogen and oxygen atoms in total. The summed E-state index contributed by atoms with van der Waals surface area (Å²) in [6, 6.07) is 23.1. The van der Waals surface area contributed by atoms with Crippen molar-refractivity contribution in [3.05, 3.63) is 78.4 Å². The summed E-state index contributed by atoms with van der Waals surface area (Å²) in [5, 5.41) is 12.0. The van der Waals surface area contributed by atoms with Crippen molar-refractivity contribution in [2.45, 2.75) is 45.6 Å². The minimum absolute atomic E-state index is 0.0619. The van der Waals surface area contributed by atoms with Gasteiger partial charge in [-0.1, -0.05) is 51.1 Å². The lowest BCUT2D eigenvalue weighted by atomic mass is 9.87. The average Bonchev–Trinajstić information content (AvgIpc) is 3.17. The second-order valence-corrected chi connectivity index (χ2v) is 9.37. The molecule has 0 aliphatic heterocycles. The van der Waals surface area contributed by atoms with Gasteiger partial charge in [-0.15, -0.1) is 10.2 Å². The molecule has 0 aliphatic rings. The number of benzene rings is 3. The Hall–Kier alpha value is -3.67. The zero-order valence-corrected chi connectivity index (χ0v) is 19.1. The normalized spacial score (nSPS) is 12.0. The molecule has 0 aliphatic carbocycles. The van der Waals surface area contributed by atoms with Crippen molar-refractivity contribution in [3.8, 4) is 11.4 Å². The van der Waals surface area contributed by atoms with Crippen molar-refractivity contribution in [2.75, 3.05) is 5.32 Å². The highest BCUT2D eigenvalue weighted by Crippen LogP contribution is 2.27. The molecule has 0 spiro atoms. The van der Waals surface area contributed by atoms with Crippen LogP contribution < -0.4 is 10.1 Å². The molecule has 0 fully saturated rings. The lowest BCUT2D eigenvalue weighted by molar-refractivity contribution is -0.128. The number of carbonyl (C=O) groups is 1. The lowest BCUT2D eigenvalue weighted by Crippen LogP contribution is -2.42. The number of fused-ring (bicyclic) bond motifs is 1. The molecule has 1 aromatic heterocycles. The maximum Gasteiger partial charge on any atom is 0.267 e. The Balaban J connectivity index is 1.48. The summed E-state index contributed by atoms with van der Waals surface area (Å²) in [5.74, 6) is 0.409. The van der Waals surface area contributed by atoms with Crippen LogP contribution in [0.5, 0.6) is 5.75 Å². The van der Waals surface area contributed by atoms with Crippen LogP contribution in [0.2, 0.25) is 0 Å². The molecular formula is C26H28N4O2. The zero-order valence-electron chi connectivity index (χ0n) is 19.1. The molecule has 4 rings (SSSR count). The highest BCUT2D eigenvalue weighted by Gasteiger charge is 2.30. The Bertz CT molecular complexity index is 1240. The fourth-order valence-corrected chi connectivity index (χ4v) is 3.31. The van der Waals surface area contributed by atoms with Gasteiger partial charge in [0.25, 0.3) is 5.91 Å². The van der Waals surface area contributed by atoms with Crippen molar-refractivity contribution in [1.29, 1.82) is 0 Å². The molecule has 0 radical (unpaired) electrons. The number of hydrogen-bond acceptors (Lipinski definition) is 4. The minimum Gasteiger partial charge on any atom is -0.478 e. The van der Waals surface area contributed by atoms with E-state index in [0.717, 1.165) is 11.2 Å². The van der Waals surface area contributed by atoms with Crippen molar-refractivity contribution in [1.82, 2.24) is 15.0 Å². The predicted octanol–water partition coefficient (Wildman–Crippen LogP) is 5.51. The highest BCUT2D eigenvalue weighted by atomic mass is 16.5. The van der Waals surface area contributed by atoms with Gasteiger partial charge in [-0.2, -0.15) is 4.80 Å². The molecule has 3 aromatic carbocycles. The van der Waals surface area contributed by atoms with Gasteiger partial charge >= 0.3 is 0 Å². The van der Waals surface area contributed by atoms with E-state index in [9.17, 15) is 4.79 Å². The van der Waals surface area contributed by atoms with Gasteiger partial charge in [0, 0.05) is 5.69 Å². The molecule has 1 heterocycles. The number of aromatic nitrogens is 3. The van der Waals surface area contributed by atoms with Crippen molar-refractivity contribution in [2.24, 2.45) is 0 Å². The van der Waals surface area contributed by atoms with E-state index in [1.54, 1.807) is 18.6 Å². The zero-order chi connectivity index (χ0) is 22.9. The molecule has 0 saturated carbocycles. The average molecular weight is 429 g/mol. The quantitative estimate of drug-likeness (QED) is 0.455. The van der Waals surface area contributed by atoms with Gasteiger partial charge in [-0.25, -0.2) is 0 Å². The van der Waals surface area contributed by atoms with Gasteiger partial charge in [-0.3, -0.25) is 4.79 Å². The van der Waals surface area contributed by atoms with Gasteiger partial charge in [0.1, 0.15) is 16.8 Å². The van der Waals surface area contributed by atoms with Gasteiger partial charge in [0.2, 0.25) is 0 Å². The minimum atomic E-state index is -1.06. The summed E-state index contributed by atoms with van der Waals surface area (Å²) in [7, 11) is 0. The van der Waals surface area contributed by atoms with E-state index in [2.05, 4.69) is 36.3 Å². The number of carbonyl (C=O) groups excluding carboxylic acids is 1. The van der Waals surface area contributed by atoms with Gasteiger partial charge < -0.3 is 10.1 Å². The molecule has 0 atom stereocenters. The Kier molecular flexibility index (Phi) is 5.46. The second kappa shape index (κ2) is 8.11. The Morgan fingerprint density at radius 3 is 2.16 bits per heavy atom. The third kappa shape index (κ3) is 4.64. The smallest absolute Gasteiger partial charge is 0.267 e. The molecule has 4 aromatic rings. The second-order valence-electron chi connectivity index (χ2n) is 9.37. The van der Waals surface area contributed by atoms with Crippen LogP contribution in [-0.4, -0.2) is 26.5 Å². The number of nitrogens with one attached hydrogen (secondary N) is 1. The van der Waals surface area contributed by atoms with Gasteiger partial charge in [0.05, 0.1) is 5.69 Å². The van der Waals surface area contributed by atoms with Gasteiger partial charge in [-0.05, 0) is 67.3 Å². The lowest BCUT2D eigenvalue weighted by Gasteiger charge is -2.26. The topological polar surface area (TPSA) is 69.0 Å². The summed E-state index contributed by atoms with van der Waals surface area (Å²) in [6.45, 7) is 9.99. The third-order valence-electron chi connectivity index (χ3n) is 5.27. The van der Waals surface area contributed by atoms with E-state index in [-0.39, 0.29) is 11.3 Å². The van der Waals surface area contributed by atoms with Crippen LogP contribution in [0.3, 0.4) is 0 Å². The van der Waals surface area contributed by atoms with E-state index >= 15 is 0 Å². The SMILES string of the molecule is CC(C)(Oc1ccc(C(C)(C)C)cc1)C(=O)Nc1ccc2nn(-c3ccccc3)nc2c1. The first-order chi connectivity index (χ1) is 15.1. The van der Waals surface area contributed by atoms with Crippen LogP contribution in [0.1, 0.15) is 40.2 Å². The molecule has 0 unspecified atom stereocenters. The predicted molar refractivity (Wildman–Crippen MR) is 127 cm³/mol. The van der Waals surface area contributed by atoms with Crippen LogP contribution >= 0.6 is 0 Å². The Morgan fingerprint density at radius 2 is 1.50 bits per heavy atom. The fourth-order valence-electron chi connectivity index (χ4n) is 3.31. The fraction of sp³-hybridized carbons (Fsp3) is 0.269. The van der Waals surface area contributed by atoms with Crippen LogP contribution in [0.25, 0.3) is 16.7 Å². The maximum atomic E-state index is 13.0. The number of hydrogen-bond donors (Lipinski definition) is 1. The molecular weight excluding hydrogens is 400 g/mol. The molecule has 32 heavy (non-hydrogen) atoms. The van der Waals surface area contributed by atoms with Gasteiger partial charge in [0.15, 0.2) is 5.60 Å². The molecule has 0 saturated heterocycles. The first-order valence-electron chi connectivity index (χ1n) is 10.7. The maximum absolute atomic E-state index is 13.0. The standard InChI is InChI=1S/C26H28N4O2/c1-25(2,3)18-11-14-21(15-12-18)32-26(4,5)24(31)27-19-13-16-22-23(17-19)29-30(28-22)20-9-7-6-8-10-20/h6-17H,1-5H3,(H,27,31). The Labute approximate surface area is 188 Å². The van der Waals surface area contributed by atoms with Crippen LogP contribution in [0.15, 0.2) is 72.8 Å². The van der Waals surface area contributed by atoms with E-state index in [0.29, 0.717) is 17.0 Å². The van der Waals surface area contributed by atoms with Crippen molar-refractivity contribution in [3.63, 3.8) is 0 Å². The first-order valence-corrected chi connectivity index (χ1v) is 10.7. The van der Waals surface area contributed by atoms with E-state index < -0.39 is 5.60 Å². The van der Waals surface area contributed by atoms with E-state index in [4.69, 9.17) is 4.74 Å². The summed E-state index contributed by atoms with van der Waals surface area (Å²) in [4.78, 5) is 14.5. The largest absolute Gasteiger partial charge is 0.478 e. The van der Waals surface area contributed by atoms with Crippen molar-refractivity contribution < 1.29 is 9.53 Å². The number of ether oxygens (including phenoxy) is 1. The van der Waals surface area contributed by atoms with E-state index in [1.807, 2.05) is 72.8 Å². The van der Waals surface area contributed by atoms with E-state index in [1.165, 1.54) is 5.56 Å².